The van der Waals surface area contributed by atoms with Crippen molar-refractivity contribution >= 4 is 21.4 Å². The van der Waals surface area contributed by atoms with Crippen LogP contribution in [0.4, 0.5) is 0 Å². The van der Waals surface area contributed by atoms with Gasteiger partial charge in [0.25, 0.3) is 0 Å². The quantitative estimate of drug-likeness (QED) is 0.691. The van der Waals surface area contributed by atoms with Gasteiger partial charge in [-0.15, -0.1) is 11.3 Å². The summed E-state index contributed by atoms with van der Waals surface area (Å²) in [6.07, 6.45) is 0. The summed E-state index contributed by atoms with van der Waals surface area (Å²) in [5.41, 5.74) is 0. The third-order valence-corrected chi connectivity index (χ3v) is 2.84. The molecule has 0 fully saturated rings. The molecule has 0 spiro atoms. The third-order valence-electron chi connectivity index (χ3n) is 1.84. The molecular formula is C10H7NOS. The maximum Gasteiger partial charge on any atom is 0.120 e. The summed E-state index contributed by atoms with van der Waals surface area (Å²) < 4.78 is 6.18. The van der Waals surface area contributed by atoms with Crippen LogP contribution in [-0.2, 0) is 0 Å². The molecule has 13 heavy (non-hydrogen) atoms. The van der Waals surface area contributed by atoms with Gasteiger partial charge in [-0.3, -0.25) is 0 Å². The van der Waals surface area contributed by atoms with Crippen molar-refractivity contribution < 1.29 is 4.74 Å². The highest BCUT2D eigenvalue weighted by Crippen LogP contribution is 2.28. The number of thiophene rings is 1. The predicted octanol–water partition coefficient (Wildman–Crippen LogP) is 2.78. The molecule has 1 heterocycles. The summed E-state index contributed by atoms with van der Waals surface area (Å²) in [7, 11) is 1.64. The number of ether oxygens (including phenoxy) is 1. The molecule has 1 aromatic heterocycles. The third kappa shape index (κ3) is 1.36. The van der Waals surface area contributed by atoms with Gasteiger partial charge in [0, 0.05) is 4.70 Å². The number of methoxy groups -OCH3 is 1. The lowest BCUT2D eigenvalue weighted by Crippen LogP contribution is -1.79. The molecule has 0 aliphatic carbocycles. The van der Waals surface area contributed by atoms with Crippen LogP contribution in [0.3, 0.4) is 0 Å². The number of fused-ring (bicyclic) bond motifs is 1. The van der Waals surface area contributed by atoms with Crippen LogP contribution in [0.2, 0.25) is 0 Å². The Balaban J connectivity index is 2.65. The van der Waals surface area contributed by atoms with E-state index >= 15 is 0 Å². The van der Waals surface area contributed by atoms with Crippen LogP contribution in [-0.4, -0.2) is 7.11 Å². The Morgan fingerprint density at radius 1 is 1.38 bits per heavy atom. The normalized spacial score (nSPS) is 9.85. The summed E-state index contributed by atoms with van der Waals surface area (Å²) >= 11 is 1.49. The molecule has 0 aliphatic heterocycles. The summed E-state index contributed by atoms with van der Waals surface area (Å²) in [4.78, 5) is 0.739. The number of nitriles is 1. The molecule has 0 saturated carbocycles. The van der Waals surface area contributed by atoms with E-state index in [-0.39, 0.29) is 0 Å². The molecule has 0 N–H and O–H groups in total. The molecule has 0 bridgehead atoms. The molecular weight excluding hydrogens is 182 g/mol. The molecule has 2 nitrogen and oxygen atoms in total. The van der Waals surface area contributed by atoms with Crippen LogP contribution in [0.1, 0.15) is 4.88 Å². The van der Waals surface area contributed by atoms with Gasteiger partial charge in [0.2, 0.25) is 0 Å². The molecule has 0 amide bonds. The van der Waals surface area contributed by atoms with E-state index in [1.54, 1.807) is 7.11 Å². The van der Waals surface area contributed by atoms with Gasteiger partial charge in [0.1, 0.15) is 16.7 Å². The molecule has 64 valence electrons. The lowest BCUT2D eigenvalue weighted by Gasteiger charge is -1.97. The molecule has 3 heteroatoms. The van der Waals surface area contributed by atoms with Gasteiger partial charge < -0.3 is 4.74 Å². The Kier molecular flexibility index (Phi) is 1.91. The first-order chi connectivity index (χ1) is 6.33. The maximum absolute atomic E-state index is 8.69. The van der Waals surface area contributed by atoms with Crippen molar-refractivity contribution in [3.8, 4) is 11.8 Å². The monoisotopic (exact) mass is 189 g/mol. The summed E-state index contributed by atoms with van der Waals surface area (Å²) in [6, 6.07) is 9.83. The van der Waals surface area contributed by atoms with Crippen LogP contribution in [0.15, 0.2) is 24.3 Å². The lowest BCUT2D eigenvalue weighted by molar-refractivity contribution is 0.415. The zero-order valence-electron chi connectivity index (χ0n) is 7.07. The molecule has 0 aliphatic rings. The van der Waals surface area contributed by atoms with Crippen molar-refractivity contribution in [2.75, 3.05) is 7.11 Å². The average molecular weight is 189 g/mol. The second-order valence-corrected chi connectivity index (χ2v) is 3.71. The largest absolute Gasteiger partial charge is 0.497 e. The van der Waals surface area contributed by atoms with E-state index in [0.717, 1.165) is 20.7 Å². The van der Waals surface area contributed by atoms with Gasteiger partial charge in [-0.25, -0.2) is 0 Å². The Morgan fingerprint density at radius 2 is 2.23 bits per heavy atom. The second kappa shape index (κ2) is 3.08. The molecule has 0 radical (unpaired) electrons. The first-order valence-corrected chi connectivity index (χ1v) is 4.63. The van der Waals surface area contributed by atoms with E-state index in [1.807, 2.05) is 24.3 Å². The maximum atomic E-state index is 8.69. The minimum absolute atomic E-state index is 0.739. The lowest BCUT2D eigenvalue weighted by atomic mass is 10.2. The number of hydrogen-bond acceptors (Lipinski definition) is 3. The van der Waals surface area contributed by atoms with Crippen molar-refractivity contribution in [2.24, 2.45) is 0 Å². The Morgan fingerprint density at radius 3 is 2.92 bits per heavy atom. The van der Waals surface area contributed by atoms with E-state index in [4.69, 9.17) is 10.00 Å². The molecule has 0 saturated heterocycles. The van der Waals surface area contributed by atoms with E-state index in [2.05, 4.69) is 6.07 Å². The van der Waals surface area contributed by atoms with Gasteiger partial charge in [-0.2, -0.15) is 5.26 Å². The summed E-state index contributed by atoms with van der Waals surface area (Å²) in [5, 5.41) is 9.79. The minimum atomic E-state index is 0.739. The number of hydrogen-bond donors (Lipinski definition) is 0. The van der Waals surface area contributed by atoms with E-state index < -0.39 is 0 Å². The van der Waals surface area contributed by atoms with Crippen LogP contribution >= 0.6 is 11.3 Å². The van der Waals surface area contributed by atoms with Crippen molar-refractivity contribution in [1.29, 1.82) is 5.26 Å². The minimum Gasteiger partial charge on any atom is -0.497 e. The van der Waals surface area contributed by atoms with Gasteiger partial charge in [0.15, 0.2) is 0 Å². The Hall–Kier alpha value is -1.53. The van der Waals surface area contributed by atoms with Crippen molar-refractivity contribution in [2.45, 2.75) is 0 Å². The zero-order chi connectivity index (χ0) is 9.26. The fourth-order valence-electron chi connectivity index (χ4n) is 1.19. The fourth-order valence-corrected chi connectivity index (χ4v) is 2.08. The van der Waals surface area contributed by atoms with Crippen molar-refractivity contribution in [1.82, 2.24) is 0 Å². The topological polar surface area (TPSA) is 33.0 Å². The van der Waals surface area contributed by atoms with E-state index in [1.165, 1.54) is 11.3 Å². The Labute approximate surface area is 80.0 Å². The highest BCUT2D eigenvalue weighted by molar-refractivity contribution is 7.19. The van der Waals surface area contributed by atoms with Crippen LogP contribution in [0.5, 0.6) is 5.75 Å². The summed E-state index contributed by atoms with van der Waals surface area (Å²) in [5.74, 6) is 0.832. The highest BCUT2D eigenvalue weighted by atomic mass is 32.1. The number of rotatable bonds is 1. The average Bonchev–Trinajstić information content (AvgIpc) is 2.58. The van der Waals surface area contributed by atoms with Gasteiger partial charge in [-0.1, -0.05) is 0 Å². The van der Waals surface area contributed by atoms with Crippen LogP contribution < -0.4 is 4.74 Å². The predicted molar refractivity (Wildman–Crippen MR) is 53.1 cm³/mol. The van der Waals surface area contributed by atoms with Crippen LogP contribution in [0, 0.1) is 11.3 Å². The fraction of sp³-hybridized carbons (Fsp3) is 0.100. The SMILES string of the molecule is COc1ccc2cc(C#N)sc2c1. The van der Waals surface area contributed by atoms with Crippen molar-refractivity contribution in [3.05, 3.63) is 29.1 Å². The van der Waals surface area contributed by atoms with Crippen LogP contribution in [0.25, 0.3) is 10.1 Å². The summed E-state index contributed by atoms with van der Waals surface area (Å²) in [6.45, 7) is 0. The highest BCUT2D eigenvalue weighted by Gasteiger charge is 2.01. The standard InChI is InChI=1S/C10H7NOS/c1-12-8-3-2-7-4-9(6-11)13-10(7)5-8/h2-5H,1H3. The Bertz CT molecular complexity index is 481. The van der Waals surface area contributed by atoms with Gasteiger partial charge in [0.05, 0.1) is 7.11 Å². The molecule has 2 rings (SSSR count). The smallest absolute Gasteiger partial charge is 0.120 e. The molecule has 0 atom stereocenters. The van der Waals surface area contributed by atoms with E-state index in [0.29, 0.717) is 0 Å². The first kappa shape index (κ1) is 8.09. The molecule has 0 unspecified atom stereocenters. The second-order valence-electron chi connectivity index (χ2n) is 2.63. The van der Waals surface area contributed by atoms with E-state index in [9.17, 15) is 0 Å². The number of nitrogens with zero attached hydrogens (tertiary/aromatic N) is 1. The van der Waals surface area contributed by atoms with Gasteiger partial charge >= 0.3 is 0 Å². The van der Waals surface area contributed by atoms with Gasteiger partial charge in [-0.05, 0) is 29.7 Å². The molecule has 1 aromatic carbocycles. The first-order valence-electron chi connectivity index (χ1n) is 3.81. The molecule has 2 aromatic rings. The number of benzene rings is 1. The van der Waals surface area contributed by atoms with Crippen molar-refractivity contribution in [3.63, 3.8) is 0 Å². The zero-order valence-corrected chi connectivity index (χ0v) is 7.89.